The number of allylic oxidation sites excluding steroid dienone is 3. The highest BCUT2D eigenvalue weighted by molar-refractivity contribution is 5.37. The minimum absolute atomic E-state index is 0.908. The SMILES string of the molecule is CCC1=CCCCC(CN2CCOCC2)=C1CC. The largest absolute Gasteiger partial charge is 0.379 e. The third-order valence-electron chi connectivity index (χ3n) is 4.14. The van der Waals surface area contributed by atoms with Gasteiger partial charge in [-0.25, -0.2) is 0 Å². The van der Waals surface area contributed by atoms with Crippen molar-refractivity contribution in [2.24, 2.45) is 0 Å². The van der Waals surface area contributed by atoms with Crippen LogP contribution in [0.2, 0.25) is 0 Å². The molecule has 1 aliphatic heterocycles. The zero-order valence-electron chi connectivity index (χ0n) is 12.0. The van der Waals surface area contributed by atoms with Gasteiger partial charge in [-0.1, -0.05) is 25.5 Å². The molecule has 0 radical (unpaired) electrons. The first kappa shape index (κ1) is 13.8. The summed E-state index contributed by atoms with van der Waals surface area (Å²) in [4.78, 5) is 2.56. The van der Waals surface area contributed by atoms with Gasteiger partial charge in [-0.2, -0.15) is 0 Å². The molecule has 2 aliphatic rings. The summed E-state index contributed by atoms with van der Waals surface area (Å²) in [7, 11) is 0. The van der Waals surface area contributed by atoms with E-state index >= 15 is 0 Å². The second kappa shape index (κ2) is 7.10. The molecule has 0 bridgehead atoms. The lowest BCUT2D eigenvalue weighted by molar-refractivity contribution is 0.0418. The molecule has 1 aliphatic carbocycles. The smallest absolute Gasteiger partial charge is 0.0594 e. The van der Waals surface area contributed by atoms with E-state index in [4.69, 9.17) is 4.74 Å². The van der Waals surface area contributed by atoms with E-state index in [0.29, 0.717) is 0 Å². The van der Waals surface area contributed by atoms with Gasteiger partial charge in [-0.05, 0) is 43.3 Å². The van der Waals surface area contributed by atoms with E-state index in [1.165, 1.54) is 38.6 Å². The molecule has 2 heteroatoms. The standard InChI is InChI=1S/C16H27NO/c1-3-14-7-5-6-8-15(16(14)4-2)13-17-9-11-18-12-10-17/h7H,3-6,8-13H2,1-2H3. The number of hydrogen-bond acceptors (Lipinski definition) is 2. The molecule has 0 saturated carbocycles. The fourth-order valence-corrected chi connectivity index (χ4v) is 3.13. The van der Waals surface area contributed by atoms with Crippen LogP contribution in [-0.4, -0.2) is 37.7 Å². The molecule has 102 valence electrons. The van der Waals surface area contributed by atoms with Gasteiger partial charge in [-0.3, -0.25) is 4.90 Å². The van der Waals surface area contributed by atoms with Crippen molar-refractivity contribution in [1.82, 2.24) is 4.90 Å². The maximum atomic E-state index is 5.44. The summed E-state index contributed by atoms with van der Waals surface area (Å²) in [6.07, 6.45) is 8.74. The zero-order valence-corrected chi connectivity index (χ0v) is 12.0. The Morgan fingerprint density at radius 2 is 1.94 bits per heavy atom. The predicted molar refractivity (Wildman–Crippen MR) is 76.8 cm³/mol. The molecule has 0 aromatic rings. The van der Waals surface area contributed by atoms with E-state index in [1.807, 2.05) is 0 Å². The normalized spacial score (nSPS) is 22.9. The Labute approximate surface area is 112 Å². The molecule has 0 amide bonds. The van der Waals surface area contributed by atoms with Crippen molar-refractivity contribution in [3.63, 3.8) is 0 Å². The van der Waals surface area contributed by atoms with Crippen molar-refractivity contribution in [3.8, 4) is 0 Å². The molecular weight excluding hydrogens is 222 g/mol. The topological polar surface area (TPSA) is 12.5 Å². The summed E-state index contributed by atoms with van der Waals surface area (Å²) >= 11 is 0. The van der Waals surface area contributed by atoms with Crippen LogP contribution in [0.5, 0.6) is 0 Å². The second-order valence-electron chi connectivity index (χ2n) is 5.30. The van der Waals surface area contributed by atoms with E-state index in [1.54, 1.807) is 16.7 Å². The summed E-state index contributed by atoms with van der Waals surface area (Å²) in [6, 6.07) is 0. The maximum Gasteiger partial charge on any atom is 0.0594 e. The summed E-state index contributed by atoms with van der Waals surface area (Å²) in [5.41, 5.74) is 4.96. The van der Waals surface area contributed by atoms with Gasteiger partial charge in [0.1, 0.15) is 0 Å². The van der Waals surface area contributed by atoms with E-state index in [9.17, 15) is 0 Å². The van der Waals surface area contributed by atoms with Crippen molar-refractivity contribution in [2.75, 3.05) is 32.8 Å². The molecule has 1 heterocycles. The number of rotatable bonds is 4. The molecule has 2 nitrogen and oxygen atoms in total. The number of nitrogens with zero attached hydrogens (tertiary/aromatic N) is 1. The van der Waals surface area contributed by atoms with Crippen LogP contribution in [0.3, 0.4) is 0 Å². The number of hydrogen-bond donors (Lipinski definition) is 0. The van der Waals surface area contributed by atoms with Gasteiger partial charge in [0.2, 0.25) is 0 Å². The van der Waals surface area contributed by atoms with E-state index in [2.05, 4.69) is 24.8 Å². The predicted octanol–water partition coefficient (Wildman–Crippen LogP) is 3.55. The van der Waals surface area contributed by atoms with Crippen LogP contribution in [0.4, 0.5) is 0 Å². The molecule has 1 fully saturated rings. The van der Waals surface area contributed by atoms with E-state index in [-0.39, 0.29) is 0 Å². The van der Waals surface area contributed by atoms with Gasteiger partial charge in [0, 0.05) is 19.6 Å². The lowest BCUT2D eigenvalue weighted by Gasteiger charge is -2.28. The molecule has 0 N–H and O–H groups in total. The number of morpholine rings is 1. The van der Waals surface area contributed by atoms with Crippen molar-refractivity contribution < 1.29 is 4.74 Å². The Balaban J connectivity index is 2.10. The molecular formula is C16H27NO. The van der Waals surface area contributed by atoms with Gasteiger partial charge in [0.05, 0.1) is 13.2 Å². The maximum absolute atomic E-state index is 5.44. The van der Waals surface area contributed by atoms with Crippen LogP contribution in [0.15, 0.2) is 22.8 Å². The Hall–Kier alpha value is -0.600. The Morgan fingerprint density at radius 3 is 2.61 bits per heavy atom. The highest BCUT2D eigenvalue weighted by Crippen LogP contribution is 2.29. The zero-order chi connectivity index (χ0) is 12.8. The number of ether oxygens (including phenoxy) is 1. The highest BCUT2D eigenvalue weighted by Gasteiger charge is 2.17. The first-order valence-electron chi connectivity index (χ1n) is 7.55. The third-order valence-corrected chi connectivity index (χ3v) is 4.14. The van der Waals surface area contributed by atoms with Gasteiger partial charge in [-0.15, -0.1) is 0 Å². The van der Waals surface area contributed by atoms with Crippen LogP contribution in [0.1, 0.15) is 46.0 Å². The molecule has 0 unspecified atom stereocenters. The van der Waals surface area contributed by atoms with Crippen LogP contribution in [0, 0.1) is 0 Å². The van der Waals surface area contributed by atoms with Crippen LogP contribution >= 0.6 is 0 Å². The van der Waals surface area contributed by atoms with Crippen molar-refractivity contribution in [1.29, 1.82) is 0 Å². The molecule has 0 aromatic carbocycles. The molecule has 0 spiro atoms. The summed E-state index contributed by atoms with van der Waals surface area (Å²) in [6.45, 7) is 9.79. The average molecular weight is 249 g/mol. The summed E-state index contributed by atoms with van der Waals surface area (Å²) in [5.74, 6) is 0. The Morgan fingerprint density at radius 1 is 1.17 bits per heavy atom. The molecule has 2 rings (SSSR count). The fraction of sp³-hybridized carbons (Fsp3) is 0.750. The molecule has 0 aromatic heterocycles. The van der Waals surface area contributed by atoms with Gasteiger partial charge in [0.25, 0.3) is 0 Å². The molecule has 0 atom stereocenters. The van der Waals surface area contributed by atoms with Crippen molar-refractivity contribution in [2.45, 2.75) is 46.0 Å². The highest BCUT2D eigenvalue weighted by atomic mass is 16.5. The quantitative estimate of drug-likeness (QED) is 0.755. The van der Waals surface area contributed by atoms with Crippen LogP contribution in [-0.2, 0) is 4.74 Å². The van der Waals surface area contributed by atoms with Crippen LogP contribution < -0.4 is 0 Å². The summed E-state index contributed by atoms with van der Waals surface area (Å²) in [5, 5.41) is 0. The van der Waals surface area contributed by atoms with E-state index in [0.717, 1.165) is 26.3 Å². The minimum atomic E-state index is 0.908. The van der Waals surface area contributed by atoms with E-state index < -0.39 is 0 Å². The second-order valence-corrected chi connectivity index (χ2v) is 5.30. The van der Waals surface area contributed by atoms with Crippen LogP contribution in [0.25, 0.3) is 0 Å². The Bertz CT molecular complexity index is 324. The minimum Gasteiger partial charge on any atom is -0.379 e. The fourth-order valence-electron chi connectivity index (χ4n) is 3.13. The first-order chi connectivity index (χ1) is 8.85. The average Bonchev–Trinajstić information content (AvgIpc) is 2.61. The van der Waals surface area contributed by atoms with Gasteiger partial charge >= 0.3 is 0 Å². The lowest BCUT2D eigenvalue weighted by atomic mass is 9.95. The molecule has 1 saturated heterocycles. The summed E-state index contributed by atoms with van der Waals surface area (Å²) < 4.78 is 5.44. The van der Waals surface area contributed by atoms with Crippen molar-refractivity contribution in [3.05, 3.63) is 22.8 Å². The Kier molecular flexibility index (Phi) is 5.45. The molecule has 18 heavy (non-hydrogen) atoms. The van der Waals surface area contributed by atoms with Crippen molar-refractivity contribution >= 4 is 0 Å². The van der Waals surface area contributed by atoms with Gasteiger partial charge < -0.3 is 4.74 Å². The monoisotopic (exact) mass is 249 g/mol. The van der Waals surface area contributed by atoms with Gasteiger partial charge in [0.15, 0.2) is 0 Å². The first-order valence-corrected chi connectivity index (χ1v) is 7.55. The lowest BCUT2D eigenvalue weighted by Crippen LogP contribution is -2.37. The third kappa shape index (κ3) is 3.46.